The first-order valence-electron chi connectivity index (χ1n) is 12.5. The number of aromatic nitrogens is 2. The summed E-state index contributed by atoms with van der Waals surface area (Å²) in [6.07, 6.45) is 3.85. The Bertz CT molecular complexity index is 1050. The van der Waals surface area contributed by atoms with Gasteiger partial charge in [-0.25, -0.2) is 4.68 Å². The highest BCUT2D eigenvalue weighted by Gasteiger charge is 2.33. The monoisotopic (exact) mass is 479 g/mol. The average Bonchev–Trinajstić information content (AvgIpc) is 3.69. The average molecular weight is 480 g/mol. The first-order valence-corrected chi connectivity index (χ1v) is 12.5. The molecule has 1 heterocycles. The van der Waals surface area contributed by atoms with Gasteiger partial charge in [-0.05, 0) is 43.5 Å². The van der Waals surface area contributed by atoms with Gasteiger partial charge in [0, 0.05) is 38.3 Å². The van der Waals surface area contributed by atoms with Crippen LogP contribution in [0.25, 0.3) is 11.3 Å². The molecular weight excluding hydrogens is 442 g/mol. The van der Waals surface area contributed by atoms with Crippen molar-refractivity contribution in [1.29, 1.82) is 0 Å². The van der Waals surface area contributed by atoms with Crippen LogP contribution in [0.1, 0.15) is 38.2 Å². The number of aliphatic hydroxyl groups is 1. The maximum Gasteiger partial charge on any atom is 0.222 e. The molecule has 3 aromatic rings. The molecule has 1 fully saturated rings. The SMILES string of the molecule is CCCCOC[C@H](O)CN(Cc1c(-c2ccccc2)nn(C)c1Oc1ccc(OC)cc1)C1CC1. The zero-order chi connectivity index (χ0) is 24.6. The Balaban J connectivity index is 1.59. The van der Waals surface area contributed by atoms with Crippen molar-refractivity contribution >= 4 is 0 Å². The van der Waals surface area contributed by atoms with Gasteiger partial charge in [0.05, 0.1) is 25.4 Å². The third-order valence-corrected chi connectivity index (χ3v) is 6.23. The van der Waals surface area contributed by atoms with Crippen molar-refractivity contribution in [2.45, 2.75) is 51.3 Å². The van der Waals surface area contributed by atoms with Gasteiger partial charge in [0.2, 0.25) is 5.88 Å². The molecule has 0 radical (unpaired) electrons. The lowest BCUT2D eigenvalue weighted by Gasteiger charge is -2.25. The summed E-state index contributed by atoms with van der Waals surface area (Å²) in [4.78, 5) is 2.35. The van der Waals surface area contributed by atoms with E-state index in [0.717, 1.165) is 54.0 Å². The fourth-order valence-corrected chi connectivity index (χ4v) is 4.18. The Morgan fingerprint density at radius 2 is 1.80 bits per heavy atom. The molecule has 0 saturated heterocycles. The van der Waals surface area contributed by atoms with Crippen LogP contribution in [-0.2, 0) is 18.3 Å². The lowest BCUT2D eigenvalue weighted by atomic mass is 10.1. The van der Waals surface area contributed by atoms with E-state index >= 15 is 0 Å². The second-order valence-electron chi connectivity index (χ2n) is 9.14. The molecule has 4 rings (SSSR count). The molecule has 0 bridgehead atoms. The molecule has 1 saturated carbocycles. The van der Waals surface area contributed by atoms with Crippen molar-refractivity contribution in [1.82, 2.24) is 14.7 Å². The van der Waals surface area contributed by atoms with Gasteiger partial charge >= 0.3 is 0 Å². The van der Waals surface area contributed by atoms with Crippen molar-refractivity contribution in [3.05, 3.63) is 60.2 Å². The lowest BCUT2D eigenvalue weighted by Crippen LogP contribution is -2.36. The van der Waals surface area contributed by atoms with Gasteiger partial charge in [-0.2, -0.15) is 5.10 Å². The Kier molecular flexibility index (Phi) is 8.79. The number of aryl methyl sites for hydroxylation is 1. The first-order chi connectivity index (χ1) is 17.1. The van der Waals surface area contributed by atoms with Crippen molar-refractivity contribution in [3.8, 4) is 28.6 Å². The van der Waals surface area contributed by atoms with E-state index < -0.39 is 6.10 Å². The van der Waals surface area contributed by atoms with Gasteiger partial charge in [0.25, 0.3) is 0 Å². The van der Waals surface area contributed by atoms with Crippen LogP contribution in [0, 0.1) is 0 Å². The van der Waals surface area contributed by atoms with E-state index in [9.17, 15) is 5.11 Å². The smallest absolute Gasteiger partial charge is 0.222 e. The van der Waals surface area contributed by atoms with Gasteiger partial charge < -0.3 is 19.3 Å². The van der Waals surface area contributed by atoms with Crippen molar-refractivity contribution < 1.29 is 19.3 Å². The Morgan fingerprint density at radius 1 is 1.09 bits per heavy atom. The van der Waals surface area contributed by atoms with E-state index in [-0.39, 0.29) is 0 Å². The van der Waals surface area contributed by atoms with Gasteiger partial charge in [-0.15, -0.1) is 0 Å². The predicted molar refractivity (Wildman–Crippen MR) is 137 cm³/mol. The zero-order valence-corrected chi connectivity index (χ0v) is 21.0. The quantitative estimate of drug-likeness (QED) is 0.327. The fourth-order valence-electron chi connectivity index (χ4n) is 4.18. The standard InChI is InChI=1S/C28H37N3O4/c1-4-5-17-34-20-23(32)18-31(22-11-12-22)19-26-27(21-9-7-6-8-10-21)29-30(2)28(26)35-25-15-13-24(33-3)14-16-25/h6-10,13-16,22-23,32H,4-5,11-12,17-20H2,1-3H3/t23-/m1/s1. The molecule has 35 heavy (non-hydrogen) atoms. The van der Waals surface area contributed by atoms with Crippen LogP contribution in [0.3, 0.4) is 0 Å². The summed E-state index contributed by atoms with van der Waals surface area (Å²) in [6, 6.07) is 18.2. The van der Waals surface area contributed by atoms with Crippen molar-refractivity contribution in [2.75, 3.05) is 26.9 Å². The summed E-state index contributed by atoms with van der Waals surface area (Å²) in [6.45, 7) is 4.38. The molecule has 0 unspecified atom stereocenters. The minimum atomic E-state index is -0.532. The summed E-state index contributed by atoms with van der Waals surface area (Å²) < 4.78 is 19.1. The third-order valence-electron chi connectivity index (χ3n) is 6.23. The van der Waals surface area contributed by atoms with Crippen LogP contribution in [0.4, 0.5) is 0 Å². The molecule has 2 aromatic carbocycles. The molecular formula is C28H37N3O4. The summed E-state index contributed by atoms with van der Waals surface area (Å²) in [5.74, 6) is 2.20. The number of hydrogen-bond donors (Lipinski definition) is 1. The minimum Gasteiger partial charge on any atom is -0.497 e. The number of rotatable bonds is 14. The number of nitrogens with zero attached hydrogens (tertiary/aromatic N) is 3. The topological polar surface area (TPSA) is 69.0 Å². The Labute approximate surface area is 208 Å². The highest BCUT2D eigenvalue weighted by atomic mass is 16.5. The van der Waals surface area contributed by atoms with Crippen LogP contribution >= 0.6 is 0 Å². The van der Waals surface area contributed by atoms with E-state index in [1.165, 1.54) is 0 Å². The van der Waals surface area contributed by atoms with Gasteiger partial charge in [-0.1, -0.05) is 43.7 Å². The number of unbranched alkanes of at least 4 members (excludes halogenated alkanes) is 1. The van der Waals surface area contributed by atoms with E-state index in [0.29, 0.717) is 38.2 Å². The molecule has 1 atom stereocenters. The summed E-state index contributed by atoms with van der Waals surface area (Å²) in [5, 5.41) is 15.5. The van der Waals surface area contributed by atoms with E-state index in [1.54, 1.807) is 11.8 Å². The van der Waals surface area contributed by atoms with Gasteiger partial charge in [0.1, 0.15) is 17.2 Å². The Hall–Kier alpha value is -2.87. The van der Waals surface area contributed by atoms with Crippen LogP contribution in [-0.4, -0.2) is 58.8 Å². The first kappa shape index (κ1) is 25.2. The summed E-state index contributed by atoms with van der Waals surface area (Å²) in [7, 11) is 3.56. The second kappa shape index (κ2) is 12.2. The molecule has 1 N–H and O–H groups in total. The minimum absolute atomic E-state index is 0.358. The Morgan fingerprint density at radius 3 is 2.46 bits per heavy atom. The van der Waals surface area contributed by atoms with Crippen molar-refractivity contribution in [2.24, 2.45) is 7.05 Å². The second-order valence-corrected chi connectivity index (χ2v) is 9.14. The van der Waals surface area contributed by atoms with Crippen LogP contribution in [0.5, 0.6) is 17.4 Å². The number of benzene rings is 2. The molecule has 7 nitrogen and oxygen atoms in total. The molecule has 0 spiro atoms. The van der Waals surface area contributed by atoms with E-state index in [4.69, 9.17) is 19.3 Å². The van der Waals surface area contributed by atoms with Gasteiger partial charge in [-0.3, -0.25) is 4.90 Å². The molecule has 1 aliphatic carbocycles. The highest BCUT2D eigenvalue weighted by Crippen LogP contribution is 2.37. The lowest BCUT2D eigenvalue weighted by molar-refractivity contribution is 0.0127. The fraction of sp³-hybridized carbons (Fsp3) is 0.464. The number of methoxy groups -OCH3 is 1. The summed E-state index contributed by atoms with van der Waals surface area (Å²) in [5.41, 5.74) is 2.96. The number of ether oxygens (including phenoxy) is 3. The molecule has 1 aliphatic rings. The van der Waals surface area contributed by atoms with Gasteiger partial charge in [0.15, 0.2) is 0 Å². The normalized spacial score (nSPS) is 14.3. The molecule has 7 heteroatoms. The maximum absolute atomic E-state index is 10.7. The molecule has 188 valence electrons. The van der Waals surface area contributed by atoms with E-state index in [1.807, 2.05) is 49.5 Å². The zero-order valence-electron chi connectivity index (χ0n) is 21.0. The highest BCUT2D eigenvalue weighted by molar-refractivity contribution is 5.65. The number of hydrogen-bond acceptors (Lipinski definition) is 6. The molecule has 1 aromatic heterocycles. The summed E-state index contributed by atoms with van der Waals surface area (Å²) >= 11 is 0. The molecule has 0 aliphatic heterocycles. The third kappa shape index (κ3) is 6.84. The molecule has 0 amide bonds. The van der Waals surface area contributed by atoms with Crippen LogP contribution < -0.4 is 9.47 Å². The largest absolute Gasteiger partial charge is 0.497 e. The maximum atomic E-state index is 10.7. The van der Waals surface area contributed by atoms with E-state index in [2.05, 4.69) is 24.0 Å². The van der Waals surface area contributed by atoms with Crippen LogP contribution in [0.2, 0.25) is 0 Å². The van der Waals surface area contributed by atoms with Crippen molar-refractivity contribution in [3.63, 3.8) is 0 Å². The number of aliphatic hydroxyl groups excluding tert-OH is 1. The predicted octanol–water partition coefficient (Wildman–Crippen LogP) is 5.03. The van der Waals surface area contributed by atoms with Crippen LogP contribution in [0.15, 0.2) is 54.6 Å².